The number of hydrogen-bond donors (Lipinski definition) is 0. The van der Waals surface area contributed by atoms with Gasteiger partial charge in [-0.1, -0.05) is 42.1 Å². The van der Waals surface area contributed by atoms with E-state index in [0.29, 0.717) is 6.54 Å². The van der Waals surface area contributed by atoms with Gasteiger partial charge in [-0.25, -0.2) is 0 Å². The molecule has 0 radical (unpaired) electrons. The molecule has 152 valence electrons. The molecule has 0 unspecified atom stereocenters. The van der Waals surface area contributed by atoms with Crippen molar-refractivity contribution in [3.8, 4) is 11.4 Å². The average Bonchev–Trinajstić information content (AvgIpc) is 3.08. The second-order valence-electron chi connectivity index (χ2n) is 7.01. The average molecular weight is 411 g/mol. The van der Waals surface area contributed by atoms with E-state index in [1.807, 2.05) is 35.8 Å². The van der Waals surface area contributed by atoms with E-state index < -0.39 is 0 Å². The van der Waals surface area contributed by atoms with Crippen LogP contribution in [0.4, 0.5) is 0 Å². The molecule has 29 heavy (non-hydrogen) atoms. The zero-order valence-corrected chi connectivity index (χ0v) is 18.3. The van der Waals surface area contributed by atoms with E-state index in [2.05, 4.69) is 42.2 Å². The Morgan fingerprint density at radius 1 is 1.14 bits per heavy atom. The number of carbonyl (C=O) groups excluding carboxylic acids is 1. The smallest absolute Gasteiger partial charge is 0.233 e. The maximum Gasteiger partial charge on any atom is 0.233 e. The first-order chi connectivity index (χ1) is 13.9. The molecule has 6 nitrogen and oxygen atoms in total. The molecular formula is C22H26N4O2S. The van der Waals surface area contributed by atoms with E-state index >= 15 is 0 Å². The van der Waals surface area contributed by atoms with Gasteiger partial charge in [0, 0.05) is 19.2 Å². The number of benzene rings is 2. The fourth-order valence-electron chi connectivity index (χ4n) is 3.09. The van der Waals surface area contributed by atoms with Crippen molar-refractivity contribution in [2.75, 3.05) is 19.9 Å². The SMILES string of the molecule is COc1ccccc1CN(C)C(=O)CSc1nnc(C)n1-c1cc(C)ccc1C. The first kappa shape index (κ1) is 20.9. The minimum atomic E-state index is 0.0223. The zero-order valence-electron chi connectivity index (χ0n) is 17.5. The van der Waals surface area contributed by atoms with Gasteiger partial charge in [-0.05, 0) is 44.0 Å². The number of thioether (sulfide) groups is 1. The Labute approximate surface area is 175 Å². The van der Waals surface area contributed by atoms with Crippen molar-refractivity contribution in [1.82, 2.24) is 19.7 Å². The molecule has 0 saturated heterocycles. The Kier molecular flexibility index (Phi) is 6.59. The van der Waals surface area contributed by atoms with Gasteiger partial charge in [0.15, 0.2) is 5.16 Å². The van der Waals surface area contributed by atoms with Crippen LogP contribution >= 0.6 is 11.8 Å². The number of aromatic nitrogens is 3. The second kappa shape index (κ2) is 9.13. The van der Waals surface area contributed by atoms with Gasteiger partial charge in [0.1, 0.15) is 11.6 Å². The molecule has 0 atom stereocenters. The van der Waals surface area contributed by atoms with E-state index in [9.17, 15) is 4.79 Å². The van der Waals surface area contributed by atoms with Gasteiger partial charge in [0.2, 0.25) is 5.91 Å². The van der Waals surface area contributed by atoms with Crippen LogP contribution in [0, 0.1) is 20.8 Å². The van der Waals surface area contributed by atoms with Crippen LogP contribution in [-0.2, 0) is 11.3 Å². The predicted molar refractivity (Wildman–Crippen MR) is 116 cm³/mol. The van der Waals surface area contributed by atoms with Crippen LogP contribution in [0.2, 0.25) is 0 Å². The van der Waals surface area contributed by atoms with Crippen LogP contribution in [0.1, 0.15) is 22.5 Å². The highest BCUT2D eigenvalue weighted by molar-refractivity contribution is 7.99. The lowest BCUT2D eigenvalue weighted by atomic mass is 10.1. The fourth-order valence-corrected chi connectivity index (χ4v) is 4.02. The second-order valence-corrected chi connectivity index (χ2v) is 7.95. The topological polar surface area (TPSA) is 60.2 Å². The highest BCUT2D eigenvalue weighted by atomic mass is 32.2. The number of nitrogens with zero attached hydrogens (tertiary/aromatic N) is 4. The summed E-state index contributed by atoms with van der Waals surface area (Å²) in [6, 6.07) is 14.0. The lowest BCUT2D eigenvalue weighted by Gasteiger charge is -2.19. The fraction of sp³-hybridized carbons (Fsp3) is 0.318. The van der Waals surface area contributed by atoms with Crippen LogP contribution in [0.25, 0.3) is 5.69 Å². The van der Waals surface area contributed by atoms with Gasteiger partial charge in [0.05, 0.1) is 18.6 Å². The summed E-state index contributed by atoms with van der Waals surface area (Å²) in [5.74, 6) is 1.89. The highest BCUT2D eigenvalue weighted by Crippen LogP contribution is 2.25. The van der Waals surface area contributed by atoms with Crippen molar-refractivity contribution in [3.05, 3.63) is 65.0 Å². The Morgan fingerprint density at radius 2 is 1.90 bits per heavy atom. The number of aryl methyl sites for hydroxylation is 3. The van der Waals surface area contributed by atoms with Crippen LogP contribution in [0.15, 0.2) is 47.6 Å². The number of carbonyl (C=O) groups is 1. The van der Waals surface area contributed by atoms with Gasteiger partial charge >= 0.3 is 0 Å². The van der Waals surface area contributed by atoms with Gasteiger partial charge in [-0.3, -0.25) is 9.36 Å². The minimum Gasteiger partial charge on any atom is -0.496 e. The van der Waals surface area contributed by atoms with Crippen molar-refractivity contribution >= 4 is 17.7 Å². The maximum atomic E-state index is 12.7. The van der Waals surface area contributed by atoms with E-state index in [4.69, 9.17) is 4.74 Å². The van der Waals surface area contributed by atoms with Gasteiger partial charge < -0.3 is 9.64 Å². The molecule has 0 aliphatic carbocycles. The van der Waals surface area contributed by atoms with E-state index in [-0.39, 0.29) is 11.7 Å². The maximum absolute atomic E-state index is 12.7. The summed E-state index contributed by atoms with van der Waals surface area (Å²) in [5, 5.41) is 9.24. The molecule has 7 heteroatoms. The summed E-state index contributed by atoms with van der Waals surface area (Å²) in [5.41, 5.74) is 4.33. The highest BCUT2D eigenvalue weighted by Gasteiger charge is 2.17. The van der Waals surface area contributed by atoms with Gasteiger partial charge in [-0.15, -0.1) is 10.2 Å². The summed E-state index contributed by atoms with van der Waals surface area (Å²) in [6.07, 6.45) is 0. The summed E-state index contributed by atoms with van der Waals surface area (Å²) >= 11 is 1.40. The Bertz CT molecular complexity index is 1020. The standard InChI is InChI=1S/C22H26N4O2S/c1-15-10-11-16(2)19(12-15)26-17(3)23-24-22(26)29-14-21(27)25(4)13-18-8-6-7-9-20(18)28-5/h6-12H,13-14H2,1-5H3. The summed E-state index contributed by atoms with van der Waals surface area (Å²) in [4.78, 5) is 14.4. The van der Waals surface area contributed by atoms with E-state index in [0.717, 1.165) is 33.5 Å². The number of rotatable bonds is 7. The zero-order chi connectivity index (χ0) is 21.0. The number of hydrogen-bond acceptors (Lipinski definition) is 5. The van der Waals surface area contributed by atoms with Crippen molar-refractivity contribution in [2.45, 2.75) is 32.5 Å². The first-order valence-electron chi connectivity index (χ1n) is 9.39. The number of para-hydroxylation sites is 1. The summed E-state index contributed by atoms with van der Waals surface area (Å²) < 4.78 is 7.39. The van der Waals surface area contributed by atoms with Gasteiger partial charge in [0.25, 0.3) is 0 Å². The molecule has 3 aromatic rings. The van der Waals surface area contributed by atoms with E-state index in [1.54, 1.807) is 19.1 Å². The third-order valence-electron chi connectivity index (χ3n) is 4.75. The number of amides is 1. The molecular weight excluding hydrogens is 384 g/mol. The molecule has 0 bridgehead atoms. The first-order valence-corrected chi connectivity index (χ1v) is 10.4. The molecule has 0 spiro atoms. The van der Waals surface area contributed by atoms with Crippen LogP contribution in [0.3, 0.4) is 0 Å². The van der Waals surface area contributed by atoms with Crippen molar-refractivity contribution in [3.63, 3.8) is 0 Å². The quantitative estimate of drug-likeness (QED) is 0.552. The van der Waals surface area contributed by atoms with Crippen molar-refractivity contribution in [2.24, 2.45) is 0 Å². The normalized spacial score (nSPS) is 10.8. The van der Waals surface area contributed by atoms with Gasteiger partial charge in [-0.2, -0.15) is 0 Å². The molecule has 0 aliphatic heterocycles. The molecule has 0 aliphatic rings. The Balaban J connectivity index is 1.72. The Hall–Kier alpha value is -2.80. The van der Waals surface area contributed by atoms with Crippen molar-refractivity contribution in [1.29, 1.82) is 0 Å². The van der Waals surface area contributed by atoms with Crippen LogP contribution in [0.5, 0.6) is 5.75 Å². The lowest BCUT2D eigenvalue weighted by molar-refractivity contribution is -0.127. The largest absolute Gasteiger partial charge is 0.496 e. The molecule has 0 N–H and O–H groups in total. The third-order valence-corrected chi connectivity index (χ3v) is 5.66. The number of methoxy groups -OCH3 is 1. The molecule has 2 aromatic carbocycles. The van der Waals surface area contributed by atoms with Crippen LogP contribution < -0.4 is 4.74 Å². The monoisotopic (exact) mass is 410 g/mol. The third kappa shape index (κ3) is 4.79. The van der Waals surface area contributed by atoms with Crippen molar-refractivity contribution < 1.29 is 9.53 Å². The Morgan fingerprint density at radius 3 is 2.66 bits per heavy atom. The lowest BCUT2D eigenvalue weighted by Crippen LogP contribution is -2.28. The molecule has 0 fully saturated rings. The number of ether oxygens (including phenoxy) is 1. The molecule has 1 amide bonds. The molecule has 1 aromatic heterocycles. The molecule has 3 rings (SSSR count). The van der Waals surface area contributed by atoms with Crippen LogP contribution in [-0.4, -0.2) is 45.5 Å². The molecule has 0 saturated carbocycles. The summed E-state index contributed by atoms with van der Waals surface area (Å²) in [6.45, 7) is 6.54. The predicted octanol–water partition coefficient (Wildman–Crippen LogP) is 3.95. The molecule has 1 heterocycles. The summed E-state index contributed by atoms with van der Waals surface area (Å²) in [7, 11) is 3.44. The van der Waals surface area contributed by atoms with E-state index in [1.165, 1.54) is 17.3 Å². The minimum absolute atomic E-state index is 0.0223.